The van der Waals surface area contributed by atoms with Crippen molar-refractivity contribution in [2.45, 2.75) is 0 Å². The summed E-state index contributed by atoms with van der Waals surface area (Å²) in [6.45, 7) is 0. The van der Waals surface area contributed by atoms with Gasteiger partial charge in [0.05, 0.1) is 6.20 Å². The smallest absolute Gasteiger partial charge is 0.113 e. The molecule has 2 radical (unpaired) electrons. The third-order valence-electron chi connectivity index (χ3n) is 1.08. The molecule has 0 N–H and O–H groups in total. The molecule has 0 unspecified atom stereocenters. The van der Waals surface area contributed by atoms with Crippen LogP contribution in [-0.2, 0) is 21.1 Å². The summed E-state index contributed by atoms with van der Waals surface area (Å²) in [6.07, 6.45) is 1.66. The molecule has 1 heterocycles. The van der Waals surface area contributed by atoms with Crippen LogP contribution in [0.3, 0.4) is 0 Å². The van der Waals surface area contributed by atoms with Crippen molar-refractivity contribution in [1.82, 2.24) is 9.59 Å². The molecule has 5 heteroatoms. The van der Waals surface area contributed by atoms with Gasteiger partial charge in [0.1, 0.15) is 7.85 Å². The predicted molar refractivity (Wildman–Crippen MR) is 51.7 cm³/mol. The summed E-state index contributed by atoms with van der Waals surface area (Å²) >= 11 is 1.35. The fourth-order valence-electron chi connectivity index (χ4n) is 0.589. The molecule has 0 amide bonds. The van der Waals surface area contributed by atoms with E-state index in [2.05, 4.69) is 9.59 Å². The standard InChI is InChI=1S/C6H5B.C2H2N2S.Mo/c7-6-4-2-1-3-5-6;1-2-5-4-3-1;/h1-5H;1-2H;. The molecular formula is C8H7BMoN2S. The van der Waals surface area contributed by atoms with Crippen LogP contribution in [0, 0.1) is 0 Å². The van der Waals surface area contributed by atoms with Crippen LogP contribution in [0.25, 0.3) is 0 Å². The van der Waals surface area contributed by atoms with Gasteiger partial charge in [0.25, 0.3) is 0 Å². The third kappa shape index (κ3) is 6.67. The predicted octanol–water partition coefficient (Wildman–Crippen LogP) is 1.02. The summed E-state index contributed by atoms with van der Waals surface area (Å²) in [6, 6.07) is 9.49. The topological polar surface area (TPSA) is 25.8 Å². The van der Waals surface area contributed by atoms with E-state index in [1.54, 1.807) is 6.20 Å². The quantitative estimate of drug-likeness (QED) is 0.668. The van der Waals surface area contributed by atoms with E-state index in [0.717, 1.165) is 5.46 Å². The second-order valence-corrected chi connectivity index (χ2v) is 2.64. The second-order valence-electron chi connectivity index (χ2n) is 2.00. The summed E-state index contributed by atoms with van der Waals surface area (Å²) < 4.78 is 3.51. The molecule has 0 saturated heterocycles. The molecule has 0 spiro atoms. The Hall–Kier alpha value is -0.467. The van der Waals surface area contributed by atoms with Crippen LogP contribution in [0.4, 0.5) is 0 Å². The van der Waals surface area contributed by atoms with Crippen molar-refractivity contribution in [1.29, 1.82) is 0 Å². The van der Waals surface area contributed by atoms with Crippen LogP contribution < -0.4 is 5.46 Å². The van der Waals surface area contributed by atoms with Crippen LogP contribution in [-0.4, -0.2) is 17.4 Å². The molecule has 0 atom stereocenters. The van der Waals surface area contributed by atoms with Crippen molar-refractivity contribution in [3.8, 4) is 0 Å². The number of hydrogen-bond donors (Lipinski definition) is 0. The van der Waals surface area contributed by atoms with E-state index in [0.29, 0.717) is 0 Å². The maximum Gasteiger partial charge on any atom is 0.113 e. The van der Waals surface area contributed by atoms with Crippen LogP contribution in [0.1, 0.15) is 0 Å². The van der Waals surface area contributed by atoms with Gasteiger partial charge >= 0.3 is 0 Å². The number of benzene rings is 1. The third-order valence-corrected chi connectivity index (χ3v) is 1.51. The van der Waals surface area contributed by atoms with Crippen molar-refractivity contribution in [3.63, 3.8) is 0 Å². The van der Waals surface area contributed by atoms with E-state index in [9.17, 15) is 0 Å². The van der Waals surface area contributed by atoms with Gasteiger partial charge in [0.2, 0.25) is 0 Å². The van der Waals surface area contributed by atoms with Gasteiger partial charge in [-0.2, -0.15) is 0 Å². The number of rotatable bonds is 0. The average Bonchev–Trinajstić information content (AvgIpc) is 2.62. The van der Waals surface area contributed by atoms with E-state index in [4.69, 9.17) is 7.85 Å². The maximum atomic E-state index is 5.36. The largest absolute Gasteiger partial charge is 0.147 e. The minimum absolute atomic E-state index is 0. The van der Waals surface area contributed by atoms with Crippen molar-refractivity contribution < 1.29 is 21.1 Å². The van der Waals surface area contributed by atoms with Crippen LogP contribution in [0.2, 0.25) is 0 Å². The van der Waals surface area contributed by atoms with Crippen LogP contribution in [0.5, 0.6) is 0 Å². The van der Waals surface area contributed by atoms with E-state index in [1.807, 2.05) is 35.7 Å². The fourth-order valence-corrected chi connectivity index (χ4v) is 0.861. The van der Waals surface area contributed by atoms with Gasteiger partial charge in [-0.15, -0.1) is 5.10 Å². The Kier molecular flexibility index (Phi) is 7.85. The van der Waals surface area contributed by atoms with Gasteiger partial charge < -0.3 is 0 Å². The van der Waals surface area contributed by atoms with Gasteiger partial charge in [0, 0.05) is 26.4 Å². The normalized spacial score (nSPS) is 7.69. The average molecular weight is 270 g/mol. The van der Waals surface area contributed by atoms with Crippen molar-refractivity contribution in [2.24, 2.45) is 0 Å². The molecule has 64 valence electrons. The molecule has 0 bridgehead atoms. The zero-order chi connectivity index (χ0) is 8.65. The Balaban J connectivity index is 0.000000215. The van der Waals surface area contributed by atoms with Gasteiger partial charge in [-0.25, -0.2) is 0 Å². The van der Waals surface area contributed by atoms with Crippen molar-refractivity contribution >= 4 is 24.8 Å². The van der Waals surface area contributed by atoms with Crippen molar-refractivity contribution in [3.05, 3.63) is 41.9 Å². The molecule has 2 aromatic rings. The molecule has 2 nitrogen and oxygen atoms in total. The van der Waals surface area contributed by atoms with Gasteiger partial charge in [-0.05, 0) is 11.5 Å². The van der Waals surface area contributed by atoms with E-state index in [1.165, 1.54) is 11.5 Å². The Labute approximate surface area is 97.2 Å². The molecule has 2 rings (SSSR count). The summed E-state index contributed by atoms with van der Waals surface area (Å²) in [5.74, 6) is 0. The number of hydrogen-bond acceptors (Lipinski definition) is 3. The minimum Gasteiger partial charge on any atom is -0.147 e. The monoisotopic (exact) mass is 272 g/mol. The summed E-state index contributed by atoms with van der Waals surface area (Å²) in [4.78, 5) is 0. The van der Waals surface area contributed by atoms with Crippen LogP contribution in [0.15, 0.2) is 41.9 Å². The first kappa shape index (κ1) is 12.5. The molecule has 1 aromatic heterocycles. The molecule has 0 aliphatic rings. The first-order valence-corrected chi connectivity index (χ1v) is 4.25. The Morgan fingerprint density at radius 2 is 1.85 bits per heavy atom. The molecule has 0 aliphatic carbocycles. The minimum atomic E-state index is 0. The fraction of sp³-hybridized carbons (Fsp3) is 0. The summed E-state index contributed by atoms with van der Waals surface area (Å²) in [5.41, 5.74) is 0.822. The van der Waals surface area contributed by atoms with E-state index >= 15 is 0 Å². The number of aromatic nitrogens is 2. The summed E-state index contributed by atoms with van der Waals surface area (Å²) in [5, 5.41) is 5.31. The van der Waals surface area contributed by atoms with Crippen LogP contribution >= 0.6 is 11.5 Å². The zero-order valence-electron chi connectivity index (χ0n) is 6.83. The first-order valence-electron chi connectivity index (χ1n) is 3.41. The Morgan fingerprint density at radius 3 is 2.08 bits per heavy atom. The SMILES string of the molecule is [B]c1ccccc1.[Mo].c1csnn1. The van der Waals surface area contributed by atoms with E-state index < -0.39 is 0 Å². The molecule has 0 fully saturated rings. The molecule has 13 heavy (non-hydrogen) atoms. The van der Waals surface area contributed by atoms with Gasteiger partial charge in [-0.3, -0.25) is 0 Å². The summed E-state index contributed by atoms with van der Waals surface area (Å²) in [7, 11) is 5.36. The van der Waals surface area contributed by atoms with Crippen molar-refractivity contribution in [2.75, 3.05) is 0 Å². The van der Waals surface area contributed by atoms with E-state index in [-0.39, 0.29) is 21.1 Å². The Morgan fingerprint density at radius 1 is 1.15 bits per heavy atom. The Bertz CT molecular complexity index is 271. The second kappa shape index (κ2) is 8.15. The molecule has 1 aromatic carbocycles. The van der Waals surface area contributed by atoms with Gasteiger partial charge in [-0.1, -0.05) is 40.3 Å². The molecule has 0 aliphatic heterocycles. The zero-order valence-corrected chi connectivity index (χ0v) is 9.65. The molecule has 0 saturated carbocycles. The first-order chi connectivity index (χ1) is 5.89. The molecular weight excluding hydrogens is 263 g/mol. The van der Waals surface area contributed by atoms with Gasteiger partial charge in [0.15, 0.2) is 0 Å². The maximum absolute atomic E-state index is 5.36. The number of nitrogens with zero attached hydrogens (tertiary/aromatic N) is 2.